The van der Waals surface area contributed by atoms with Crippen LogP contribution in [0.2, 0.25) is 0 Å². The summed E-state index contributed by atoms with van der Waals surface area (Å²) in [5.41, 5.74) is 6.71. The highest BCUT2D eigenvalue weighted by atomic mass is 16.4. The number of hydrogen-bond donors (Lipinski definition) is 2. The minimum atomic E-state index is -1.61. The molecule has 0 aliphatic heterocycles. The lowest BCUT2D eigenvalue weighted by molar-refractivity contribution is -0.142. The van der Waals surface area contributed by atoms with Crippen LogP contribution in [-0.4, -0.2) is 22.1 Å². The van der Waals surface area contributed by atoms with Crippen molar-refractivity contribution in [2.45, 2.75) is 5.92 Å². The topological polar surface area (TPSA) is 98.4 Å². The van der Waals surface area contributed by atoms with Crippen molar-refractivity contribution in [1.82, 2.24) is 5.73 Å². The van der Waals surface area contributed by atoms with Crippen LogP contribution in [0.15, 0.2) is 24.3 Å². The minimum absolute atomic E-state index is 0.0556. The zero-order valence-corrected chi connectivity index (χ0v) is 7.10. The molecule has 73 valence electrons. The third-order valence-corrected chi connectivity index (χ3v) is 1.76. The first-order chi connectivity index (χ1) is 6.54. The second-order valence-corrected chi connectivity index (χ2v) is 2.69. The molecule has 14 heavy (non-hydrogen) atoms. The van der Waals surface area contributed by atoms with Crippen molar-refractivity contribution in [3.63, 3.8) is 0 Å². The highest BCUT2D eigenvalue weighted by molar-refractivity contribution is 6.02. The molecule has 0 heterocycles. The Balaban J connectivity index is 3.18. The summed E-state index contributed by atoms with van der Waals surface area (Å²) in [4.78, 5) is 21.4. The van der Waals surface area contributed by atoms with E-state index >= 15 is 0 Å². The predicted molar refractivity (Wildman–Crippen MR) is 46.6 cm³/mol. The Hall–Kier alpha value is -2.04. The second-order valence-electron chi connectivity index (χ2n) is 2.69. The summed E-state index contributed by atoms with van der Waals surface area (Å²) < 4.78 is 0. The molecule has 5 heteroatoms. The third kappa shape index (κ3) is 1.82. The van der Waals surface area contributed by atoms with Gasteiger partial charge in [-0.3, -0.25) is 15.3 Å². The summed E-state index contributed by atoms with van der Waals surface area (Å²) >= 11 is 0. The number of carbonyl (C=O) groups excluding carboxylic acids is 1. The average molecular weight is 194 g/mol. The number of carboxylic acids is 1. The number of carbonyl (C=O) groups is 2. The molecule has 5 nitrogen and oxygen atoms in total. The molecule has 1 amide bonds. The summed E-state index contributed by atoms with van der Waals surface area (Å²) in [7, 11) is 0. The Morgan fingerprint density at radius 3 is 2.29 bits per heavy atom. The number of phenols is 1. The zero-order valence-electron chi connectivity index (χ0n) is 7.10. The molecule has 0 saturated heterocycles. The van der Waals surface area contributed by atoms with E-state index in [1.807, 2.05) is 0 Å². The molecule has 0 spiro atoms. The molecular formula is C9H8NO4. The molecule has 1 unspecified atom stereocenters. The lowest BCUT2D eigenvalue weighted by Gasteiger charge is -2.09. The van der Waals surface area contributed by atoms with Crippen LogP contribution in [0.3, 0.4) is 0 Å². The first-order valence-electron chi connectivity index (χ1n) is 3.80. The Morgan fingerprint density at radius 1 is 1.29 bits per heavy atom. The molecule has 1 aromatic carbocycles. The van der Waals surface area contributed by atoms with Gasteiger partial charge in [0, 0.05) is 5.56 Å². The SMILES string of the molecule is [NH]C(=O)C(C(=O)O)c1ccccc1O. The van der Waals surface area contributed by atoms with Crippen molar-refractivity contribution in [3.8, 4) is 5.75 Å². The predicted octanol–water partition coefficient (Wildman–Crippen LogP) is 0.370. The minimum Gasteiger partial charge on any atom is -0.508 e. The molecule has 0 saturated carbocycles. The van der Waals surface area contributed by atoms with Gasteiger partial charge in [-0.2, -0.15) is 0 Å². The van der Waals surface area contributed by atoms with E-state index in [1.54, 1.807) is 0 Å². The van der Waals surface area contributed by atoms with Gasteiger partial charge in [-0.05, 0) is 6.07 Å². The van der Waals surface area contributed by atoms with Gasteiger partial charge in [0.15, 0.2) is 5.92 Å². The maximum atomic E-state index is 10.7. The number of nitrogens with one attached hydrogen (secondary N) is 1. The number of aromatic hydroxyl groups is 1. The largest absolute Gasteiger partial charge is 0.508 e. The first-order valence-corrected chi connectivity index (χ1v) is 3.80. The first kappa shape index (κ1) is 10.0. The summed E-state index contributed by atoms with van der Waals surface area (Å²) in [5, 5.41) is 17.9. The third-order valence-electron chi connectivity index (χ3n) is 1.76. The van der Waals surface area contributed by atoms with Gasteiger partial charge >= 0.3 is 5.97 Å². The van der Waals surface area contributed by atoms with Gasteiger partial charge in [-0.1, -0.05) is 18.2 Å². The monoisotopic (exact) mass is 194 g/mol. The number of benzene rings is 1. The summed E-state index contributed by atoms with van der Waals surface area (Å²) in [5.74, 6) is -4.60. The van der Waals surface area contributed by atoms with Gasteiger partial charge in [0.2, 0.25) is 0 Å². The van der Waals surface area contributed by atoms with E-state index in [9.17, 15) is 14.7 Å². The van der Waals surface area contributed by atoms with Crippen LogP contribution in [0.4, 0.5) is 0 Å². The molecule has 0 aromatic heterocycles. The van der Waals surface area contributed by atoms with Crippen LogP contribution in [0, 0.1) is 0 Å². The standard InChI is InChI=1S/C9H8NO4/c10-8(12)7(9(13)14)5-3-1-2-4-6(5)11/h1-4,7,10-11H,(H,13,14). The molecule has 3 N–H and O–H groups in total. The number of carboxylic acid groups (broad SMARTS) is 1. The number of hydrogen-bond acceptors (Lipinski definition) is 3. The molecule has 0 bridgehead atoms. The van der Waals surface area contributed by atoms with E-state index in [1.165, 1.54) is 24.3 Å². The van der Waals surface area contributed by atoms with Gasteiger partial charge < -0.3 is 10.2 Å². The van der Waals surface area contributed by atoms with E-state index in [0.717, 1.165) is 0 Å². The van der Waals surface area contributed by atoms with Crippen molar-refractivity contribution in [3.05, 3.63) is 29.8 Å². The summed E-state index contributed by atoms with van der Waals surface area (Å²) in [6, 6.07) is 5.58. The molecule has 0 fully saturated rings. The molecule has 0 aliphatic rings. The lowest BCUT2D eigenvalue weighted by atomic mass is 9.98. The maximum Gasteiger partial charge on any atom is 0.320 e. The van der Waals surface area contributed by atoms with Crippen molar-refractivity contribution in [2.24, 2.45) is 0 Å². The Bertz CT molecular complexity index is 361. The number of rotatable bonds is 3. The number of para-hydroxylation sites is 1. The fraction of sp³-hybridized carbons (Fsp3) is 0.111. The zero-order chi connectivity index (χ0) is 10.7. The molecule has 0 aliphatic carbocycles. The van der Waals surface area contributed by atoms with Crippen LogP contribution in [0.5, 0.6) is 5.75 Å². The Kier molecular flexibility index (Phi) is 2.71. The number of phenolic OH excluding ortho intramolecular Hbond substituents is 1. The Labute approximate surface area is 79.8 Å². The molecule has 1 aromatic rings. The molecule has 1 atom stereocenters. The van der Waals surface area contributed by atoms with Crippen LogP contribution in [0.1, 0.15) is 11.5 Å². The molecule has 1 rings (SSSR count). The van der Waals surface area contributed by atoms with Gasteiger partial charge in [0.25, 0.3) is 5.91 Å². The van der Waals surface area contributed by atoms with Crippen molar-refractivity contribution in [2.75, 3.05) is 0 Å². The van der Waals surface area contributed by atoms with Crippen molar-refractivity contribution < 1.29 is 19.8 Å². The molecular weight excluding hydrogens is 186 g/mol. The van der Waals surface area contributed by atoms with Crippen LogP contribution in [0.25, 0.3) is 0 Å². The van der Waals surface area contributed by atoms with E-state index in [-0.39, 0.29) is 11.3 Å². The van der Waals surface area contributed by atoms with Crippen molar-refractivity contribution in [1.29, 1.82) is 0 Å². The van der Waals surface area contributed by atoms with Gasteiger partial charge in [0.1, 0.15) is 5.75 Å². The van der Waals surface area contributed by atoms with E-state index in [4.69, 9.17) is 10.8 Å². The number of amides is 1. The Morgan fingerprint density at radius 2 is 1.86 bits per heavy atom. The van der Waals surface area contributed by atoms with Crippen molar-refractivity contribution >= 4 is 11.9 Å². The van der Waals surface area contributed by atoms with Gasteiger partial charge in [-0.15, -0.1) is 0 Å². The lowest BCUT2D eigenvalue weighted by Crippen LogP contribution is -2.22. The maximum absolute atomic E-state index is 10.7. The fourth-order valence-corrected chi connectivity index (χ4v) is 1.12. The summed E-state index contributed by atoms with van der Waals surface area (Å²) in [6.45, 7) is 0. The molecule has 1 radical (unpaired) electrons. The highest BCUT2D eigenvalue weighted by Crippen LogP contribution is 2.25. The highest BCUT2D eigenvalue weighted by Gasteiger charge is 2.28. The smallest absolute Gasteiger partial charge is 0.320 e. The van der Waals surface area contributed by atoms with Crippen LogP contribution in [-0.2, 0) is 9.59 Å². The van der Waals surface area contributed by atoms with Gasteiger partial charge in [0.05, 0.1) is 0 Å². The van der Waals surface area contributed by atoms with E-state index in [2.05, 4.69) is 0 Å². The quantitative estimate of drug-likeness (QED) is 0.679. The van der Waals surface area contributed by atoms with E-state index < -0.39 is 17.8 Å². The van der Waals surface area contributed by atoms with Crippen LogP contribution < -0.4 is 5.73 Å². The average Bonchev–Trinajstić information content (AvgIpc) is 2.07. The second kappa shape index (κ2) is 3.78. The summed E-state index contributed by atoms with van der Waals surface area (Å²) in [6.07, 6.45) is 0. The van der Waals surface area contributed by atoms with Crippen LogP contribution >= 0.6 is 0 Å². The van der Waals surface area contributed by atoms with Gasteiger partial charge in [-0.25, -0.2) is 0 Å². The fourth-order valence-electron chi connectivity index (χ4n) is 1.12. The normalized spacial score (nSPS) is 12.0. The number of aliphatic carboxylic acids is 1. The van der Waals surface area contributed by atoms with E-state index in [0.29, 0.717) is 0 Å².